The average molecular weight is 267 g/mol. The van der Waals surface area contributed by atoms with E-state index >= 15 is 0 Å². The van der Waals surface area contributed by atoms with E-state index in [1.54, 1.807) is 6.07 Å². The quantitative estimate of drug-likeness (QED) is 0.912. The smallest absolute Gasteiger partial charge is 0.238 e. The summed E-state index contributed by atoms with van der Waals surface area (Å²) in [6, 6.07) is 5.53. The molecule has 0 spiro atoms. The van der Waals surface area contributed by atoms with Crippen LogP contribution in [-0.2, 0) is 4.79 Å². The molecule has 3 nitrogen and oxygen atoms in total. The van der Waals surface area contributed by atoms with E-state index in [0.717, 1.165) is 24.3 Å². The molecule has 1 aromatic rings. The number of hydrogen-bond acceptors (Lipinski definition) is 2. The van der Waals surface area contributed by atoms with Crippen molar-refractivity contribution in [2.24, 2.45) is 5.92 Å². The number of aryl methyl sites for hydroxylation is 1. The third-order valence-electron chi connectivity index (χ3n) is 3.35. The summed E-state index contributed by atoms with van der Waals surface area (Å²) in [5, 5.41) is 3.57. The highest BCUT2D eigenvalue weighted by atomic mass is 35.5. The van der Waals surface area contributed by atoms with Gasteiger partial charge in [-0.3, -0.25) is 9.69 Å². The highest BCUT2D eigenvalue weighted by Crippen LogP contribution is 2.20. The number of likely N-dealkylation sites (tertiary alicyclic amines) is 1. The summed E-state index contributed by atoms with van der Waals surface area (Å²) in [4.78, 5) is 14.1. The van der Waals surface area contributed by atoms with E-state index in [0.29, 0.717) is 17.5 Å². The van der Waals surface area contributed by atoms with Gasteiger partial charge in [-0.05, 0) is 43.5 Å². The van der Waals surface area contributed by atoms with Gasteiger partial charge in [0, 0.05) is 17.3 Å². The molecule has 1 unspecified atom stereocenters. The number of hydrogen-bond donors (Lipinski definition) is 1. The number of nitrogens with one attached hydrogen (secondary N) is 1. The zero-order valence-corrected chi connectivity index (χ0v) is 11.6. The van der Waals surface area contributed by atoms with Crippen molar-refractivity contribution in [1.29, 1.82) is 0 Å². The van der Waals surface area contributed by atoms with E-state index in [2.05, 4.69) is 17.1 Å². The lowest BCUT2D eigenvalue weighted by Gasteiger charge is -2.15. The molecule has 1 aliphatic heterocycles. The number of amides is 1. The van der Waals surface area contributed by atoms with Crippen molar-refractivity contribution in [3.05, 3.63) is 28.8 Å². The molecule has 1 atom stereocenters. The molecular weight excluding hydrogens is 248 g/mol. The molecule has 18 heavy (non-hydrogen) atoms. The topological polar surface area (TPSA) is 32.3 Å². The van der Waals surface area contributed by atoms with Crippen LogP contribution in [0, 0.1) is 12.8 Å². The second-order valence-electron chi connectivity index (χ2n) is 5.14. The summed E-state index contributed by atoms with van der Waals surface area (Å²) in [5.41, 5.74) is 1.84. The SMILES string of the molecule is Cc1ccc(Cl)cc1NC(=O)CN1CCC(C)C1. The number of anilines is 1. The molecule has 98 valence electrons. The largest absolute Gasteiger partial charge is 0.325 e. The number of carbonyl (C=O) groups is 1. The first-order chi connectivity index (χ1) is 8.54. The fourth-order valence-electron chi connectivity index (χ4n) is 2.29. The summed E-state index contributed by atoms with van der Waals surface area (Å²) in [6.07, 6.45) is 1.18. The van der Waals surface area contributed by atoms with Crippen molar-refractivity contribution in [1.82, 2.24) is 4.90 Å². The number of nitrogens with zero attached hydrogens (tertiary/aromatic N) is 1. The van der Waals surface area contributed by atoms with Crippen LogP contribution >= 0.6 is 11.6 Å². The predicted molar refractivity (Wildman–Crippen MR) is 75.0 cm³/mol. The Morgan fingerprint density at radius 1 is 1.56 bits per heavy atom. The van der Waals surface area contributed by atoms with E-state index < -0.39 is 0 Å². The molecule has 0 aliphatic carbocycles. The Labute approximate surface area is 113 Å². The number of rotatable bonds is 3. The van der Waals surface area contributed by atoms with Crippen LogP contribution in [-0.4, -0.2) is 30.4 Å². The van der Waals surface area contributed by atoms with E-state index in [1.165, 1.54) is 6.42 Å². The van der Waals surface area contributed by atoms with Crippen LogP contribution in [0.1, 0.15) is 18.9 Å². The van der Waals surface area contributed by atoms with Gasteiger partial charge < -0.3 is 5.32 Å². The predicted octanol–water partition coefficient (Wildman–Crippen LogP) is 2.93. The highest BCUT2D eigenvalue weighted by Gasteiger charge is 2.20. The molecule has 0 aromatic heterocycles. The van der Waals surface area contributed by atoms with Gasteiger partial charge in [-0.1, -0.05) is 24.6 Å². The maximum Gasteiger partial charge on any atom is 0.238 e. The van der Waals surface area contributed by atoms with Crippen molar-refractivity contribution in [3.8, 4) is 0 Å². The van der Waals surface area contributed by atoms with Gasteiger partial charge in [0.25, 0.3) is 0 Å². The van der Waals surface area contributed by atoms with Crippen molar-refractivity contribution in [2.75, 3.05) is 25.0 Å². The van der Waals surface area contributed by atoms with Crippen LogP contribution in [0.5, 0.6) is 0 Å². The highest BCUT2D eigenvalue weighted by molar-refractivity contribution is 6.31. The van der Waals surface area contributed by atoms with Crippen molar-refractivity contribution < 1.29 is 4.79 Å². The van der Waals surface area contributed by atoms with Gasteiger partial charge in [0.15, 0.2) is 0 Å². The first kappa shape index (κ1) is 13.4. The molecule has 0 bridgehead atoms. The van der Waals surface area contributed by atoms with Crippen LogP contribution in [0.2, 0.25) is 5.02 Å². The monoisotopic (exact) mass is 266 g/mol. The average Bonchev–Trinajstić information content (AvgIpc) is 2.69. The molecule has 1 amide bonds. The standard InChI is InChI=1S/C14H19ClN2O/c1-10-5-6-17(8-10)9-14(18)16-13-7-12(15)4-3-11(13)2/h3-4,7,10H,5-6,8-9H2,1-2H3,(H,16,18). The normalized spacial score (nSPS) is 20.1. The summed E-state index contributed by atoms with van der Waals surface area (Å²) < 4.78 is 0. The molecule has 2 rings (SSSR count). The zero-order chi connectivity index (χ0) is 13.1. The van der Waals surface area contributed by atoms with Gasteiger partial charge >= 0.3 is 0 Å². The number of carbonyl (C=O) groups excluding carboxylic acids is 1. The third kappa shape index (κ3) is 3.47. The fourth-order valence-corrected chi connectivity index (χ4v) is 2.46. The first-order valence-electron chi connectivity index (χ1n) is 6.33. The Morgan fingerprint density at radius 3 is 3.00 bits per heavy atom. The number of benzene rings is 1. The molecule has 4 heteroatoms. The van der Waals surface area contributed by atoms with Gasteiger partial charge in [0.05, 0.1) is 6.54 Å². The molecule has 1 aliphatic rings. The lowest BCUT2D eigenvalue weighted by molar-refractivity contribution is -0.117. The Morgan fingerprint density at radius 2 is 2.33 bits per heavy atom. The van der Waals surface area contributed by atoms with Crippen molar-refractivity contribution in [3.63, 3.8) is 0 Å². The summed E-state index contributed by atoms with van der Waals surface area (Å²) >= 11 is 5.93. The molecule has 1 heterocycles. The Hall–Kier alpha value is -1.06. The van der Waals surface area contributed by atoms with Crippen molar-refractivity contribution in [2.45, 2.75) is 20.3 Å². The molecule has 0 saturated carbocycles. The van der Waals surface area contributed by atoms with E-state index in [9.17, 15) is 4.79 Å². The first-order valence-corrected chi connectivity index (χ1v) is 6.71. The molecular formula is C14H19ClN2O. The van der Waals surface area contributed by atoms with Crippen LogP contribution in [0.3, 0.4) is 0 Å². The van der Waals surface area contributed by atoms with Gasteiger partial charge in [0.1, 0.15) is 0 Å². The van der Waals surface area contributed by atoms with E-state index in [4.69, 9.17) is 11.6 Å². The minimum Gasteiger partial charge on any atom is -0.325 e. The Kier molecular flexibility index (Phi) is 4.25. The van der Waals surface area contributed by atoms with E-state index in [-0.39, 0.29) is 5.91 Å². The molecule has 1 saturated heterocycles. The molecule has 1 fully saturated rings. The fraction of sp³-hybridized carbons (Fsp3) is 0.500. The van der Waals surface area contributed by atoms with Crippen LogP contribution in [0.15, 0.2) is 18.2 Å². The summed E-state index contributed by atoms with van der Waals surface area (Å²) in [6.45, 7) is 6.68. The third-order valence-corrected chi connectivity index (χ3v) is 3.58. The van der Waals surface area contributed by atoms with Gasteiger partial charge in [0.2, 0.25) is 5.91 Å². The van der Waals surface area contributed by atoms with Crippen LogP contribution in [0.4, 0.5) is 5.69 Å². The molecule has 1 N–H and O–H groups in total. The molecule has 0 radical (unpaired) electrons. The number of halogens is 1. The minimum absolute atomic E-state index is 0.0365. The lowest BCUT2D eigenvalue weighted by atomic mass is 10.2. The van der Waals surface area contributed by atoms with E-state index in [1.807, 2.05) is 19.1 Å². The summed E-state index contributed by atoms with van der Waals surface area (Å²) in [5.74, 6) is 0.736. The van der Waals surface area contributed by atoms with Crippen LogP contribution in [0.25, 0.3) is 0 Å². The molecule has 1 aromatic carbocycles. The Bertz CT molecular complexity index is 447. The lowest BCUT2D eigenvalue weighted by Crippen LogP contribution is -2.31. The Balaban J connectivity index is 1.92. The van der Waals surface area contributed by atoms with Gasteiger partial charge in [-0.25, -0.2) is 0 Å². The van der Waals surface area contributed by atoms with Crippen LogP contribution < -0.4 is 5.32 Å². The van der Waals surface area contributed by atoms with Gasteiger partial charge in [-0.2, -0.15) is 0 Å². The summed E-state index contributed by atoms with van der Waals surface area (Å²) in [7, 11) is 0. The second kappa shape index (κ2) is 5.72. The zero-order valence-electron chi connectivity index (χ0n) is 10.9. The maximum atomic E-state index is 11.9. The maximum absolute atomic E-state index is 11.9. The minimum atomic E-state index is 0.0365. The second-order valence-corrected chi connectivity index (χ2v) is 5.57. The van der Waals surface area contributed by atoms with Gasteiger partial charge in [-0.15, -0.1) is 0 Å². The van der Waals surface area contributed by atoms with Crippen molar-refractivity contribution >= 4 is 23.2 Å².